The van der Waals surface area contributed by atoms with E-state index >= 15 is 0 Å². The third-order valence-corrected chi connectivity index (χ3v) is 10.1. The van der Waals surface area contributed by atoms with Crippen LogP contribution in [0.5, 0.6) is 0 Å². The molecule has 0 aromatic heterocycles. The van der Waals surface area contributed by atoms with Crippen LogP contribution in [0.4, 0.5) is 0 Å². The summed E-state index contributed by atoms with van der Waals surface area (Å²) in [5.41, 5.74) is 0. The van der Waals surface area contributed by atoms with Crippen LogP contribution in [0.1, 0.15) is 233 Å². The summed E-state index contributed by atoms with van der Waals surface area (Å²) in [7, 11) is 0. The number of unbranched alkanes of at least 4 members (excludes halogenated alkanes) is 24. The lowest BCUT2D eigenvalue weighted by Gasteiger charge is -2.18. The number of ether oxygens (including phenoxy) is 3. The lowest BCUT2D eigenvalue weighted by Crippen LogP contribution is -2.30. The van der Waals surface area contributed by atoms with E-state index < -0.39 is 6.10 Å². The van der Waals surface area contributed by atoms with Crippen LogP contribution in [-0.4, -0.2) is 37.2 Å². The number of rotatable bonds is 42. The quantitative estimate of drug-likeness (QED) is 0.0202. The van der Waals surface area contributed by atoms with Crippen molar-refractivity contribution in [2.24, 2.45) is 0 Å². The fourth-order valence-corrected chi connectivity index (χ4v) is 6.52. The van der Waals surface area contributed by atoms with E-state index in [1.54, 1.807) is 0 Å². The Morgan fingerprint density at radius 3 is 1.25 bits per heavy atom. The molecule has 0 N–H and O–H groups in total. The second kappa shape index (κ2) is 45.1. The Balaban J connectivity index is 4.39. The maximum absolute atomic E-state index is 12.7. The van der Waals surface area contributed by atoms with Crippen LogP contribution >= 0.6 is 0 Å². The normalized spacial score (nSPS) is 12.4. The van der Waals surface area contributed by atoms with E-state index in [0.29, 0.717) is 19.3 Å². The maximum Gasteiger partial charge on any atom is 0.306 e. The second-order valence-corrected chi connectivity index (χ2v) is 15.7. The van der Waals surface area contributed by atoms with Gasteiger partial charge in [-0.3, -0.25) is 14.4 Å². The van der Waals surface area contributed by atoms with E-state index in [-0.39, 0.29) is 31.1 Å². The van der Waals surface area contributed by atoms with Crippen LogP contribution in [0.2, 0.25) is 0 Å². The lowest BCUT2D eigenvalue weighted by molar-refractivity contribution is -0.167. The van der Waals surface area contributed by atoms with Gasteiger partial charge in [-0.2, -0.15) is 0 Å². The van der Waals surface area contributed by atoms with Gasteiger partial charge in [0, 0.05) is 19.3 Å². The Labute approximate surface area is 346 Å². The molecule has 0 saturated heterocycles. The third-order valence-electron chi connectivity index (χ3n) is 10.1. The summed E-state index contributed by atoms with van der Waals surface area (Å²) in [4.78, 5) is 37.8. The van der Waals surface area contributed by atoms with Gasteiger partial charge in [0.25, 0.3) is 0 Å². The van der Waals surface area contributed by atoms with Crippen molar-refractivity contribution in [3.63, 3.8) is 0 Å². The van der Waals surface area contributed by atoms with Crippen molar-refractivity contribution in [2.45, 2.75) is 239 Å². The molecule has 0 heterocycles. The maximum atomic E-state index is 12.7. The molecule has 0 fully saturated rings. The van der Waals surface area contributed by atoms with Gasteiger partial charge in [-0.15, -0.1) is 0 Å². The summed E-state index contributed by atoms with van der Waals surface area (Å²) in [6, 6.07) is 0. The highest BCUT2D eigenvalue weighted by Crippen LogP contribution is 2.15. The fraction of sp³-hybridized carbons (Fsp3) is 0.780. The average molecular weight is 785 g/mol. The predicted octanol–water partition coefficient (Wildman–Crippen LogP) is 15.1. The molecule has 0 aliphatic carbocycles. The Hall–Kier alpha value is -2.63. The minimum Gasteiger partial charge on any atom is -0.462 e. The van der Waals surface area contributed by atoms with Gasteiger partial charge in [-0.25, -0.2) is 0 Å². The first-order valence-electron chi connectivity index (χ1n) is 23.7. The van der Waals surface area contributed by atoms with Gasteiger partial charge in [0.1, 0.15) is 13.2 Å². The highest BCUT2D eigenvalue weighted by Gasteiger charge is 2.19. The molecule has 0 radical (unpaired) electrons. The number of allylic oxidation sites excluding steroid dienone is 8. The molecule has 0 aliphatic heterocycles. The first-order valence-corrected chi connectivity index (χ1v) is 23.7. The number of hydrogen-bond acceptors (Lipinski definition) is 6. The van der Waals surface area contributed by atoms with Crippen molar-refractivity contribution in [1.82, 2.24) is 0 Å². The highest BCUT2D eigenvalue weighted by atomic mass is 16.6. The number of esters is 3. The minimum atomic E-state index is -0.786. The molecule has 0 amide bonds. The Morgan fingerprint density at radius 1 is 0.393 bits per heavy atom. The molecule has 0 aromatic carbocycles. The van der Waals surface area contributed by atoms with E-state index in [1.165, 1.54) is 89.9 Å². The number of carbonyl (C=O) groups is 3. The van der Waals surface area contributed by atoms with Crippen molar-refractivity contribution >= 4 is 17.9 Å². The molecule has 0 aromatic rings. The molecule has 0 aliphatic rings. The van der Waals surface area contributed by atoms with Crippen LogP contribution in [0.15, 0.2) is 48.6 Å². The zero-order valence-corrected chi connectivity index (χ0v) is 36.9. The third kappa shape index (κ3) is 42.5. The van der Waals surface area contributed by atoms with Crippen molar-refractivity contribution < 1.29 is 28.6 Å². The fourth-order valence-electron chi connectivity index (χ4n) is 6.52. The molecule has 1 unspecified atom stereocenters. The smallest absolute Gasteiger partial charge is 0.306 e. The van der Waals surface area contributed by atoms with Crippen molar-refractivity contribution in [3.8, 4) is 0 Å². The van der Waals surface area contributed by atoms with Gasteiger partial charge in [-0.1, -0.05) is 198 Å². The molecule has 0 rings (SSSR count). The van der Waals surface area contributed by atoms with E-state index in [2.05, 4.69) is 69.4 Å². The van der Waals surface area contributed by atoms with Crippen LogP contribution in [0.25, 0.3) is 0 Å². The zero-order chi connectivity index (χ0) is 40.8. The molecule has 0 bridgehead atoms. The summed E-state index contributed by atoms with van der Waals surface area (Å²) < 4.78 is 16.7. The summed E-state index contributed by atoms with van der Waals surface area (Å²) in [5.74, 6) is -0.928. The first-order chi connectivity index (χ1) is 27.5. The Morgan fingerprint density at radius 2 is 0.768 bits per heavy atom. The summed E-state index contributed by atoms with van der Waals surface area (Å²) >= 11 is 0. The molecular weight excluding hydrogens is 697 g/mol. The average Bonchev–Trinajstić information content (AvgIpc) is 3.19. The van der Waals surface area contributed by atoms with E-state index in [9.17, 15) is 14.4 Å². The minimum absolute atomic E-state index is 0.0857. The van der Waals surface area contributed by atoms with Crippen LogP contribution in [0, 0.1) is 0 Å². The van der Waals surface area contributed by atoms with Crippen LogP contribution in [0.3, 0.4) is 0 Å². The van der Waals surface area contributed by atoms with Gasteiger partial charge in [0.15, 0.2) is 6.10 Å². The summed E-state index contributed by atoms with van der Waals surface area (Å²) in [5, 5.41) is 0. The van der Waals surface area contributed by atoms with E-state index in [1.807, 2.05) is 0 Å². The topological polar surface area (TPSA) is 78.9 Å². The highest BCUT2D eigenvalue weighted by molar-refractivity contribution is 5.71. The SMILES string of the molecule is CC/C=C\C/C=C\CCCCCCCC(=O)OC(COC(=O)CCCCC/C=C\C=C/CCCC)COC(=O)CCCCCCCCCCCCCCCCC. The molecular formula is C50H88O6. The summed E-state index contributed by atoms with van der Waals surface area (Å²) in [6.07, 6.45) is 52.4. The molecule has 6 nitrogen and oxygen atoms in total. The van der Waals surface area contributed by atoms with Gasteiger partial charge in [-0.05, 0) is 64.2 Å². The number of carbonyl (C=O) groups excluding carboxylic acids is 3. The van der Waals surface area contributed by atoms with E-state index in [4.69, 9.17) is 14.2 Å². The predicted molar refractivity (Wildman–Crippen MR) is 238 cm³/mol. The largest absolute Gasteiger partial charge is 0.462 e. The number of hydrogen-bond donors (Lipinski definition) is 0. The molecule has 1 atom stereocenters. The molecule has 56 heavy (non-hydrogen) atoms. The van der Waals surface area contributed by atoms with Crippen molar-refractivity contribution in [2.75, 3.05) is 13.2 Å². The van der Waals surface area contributed by atoms with E-state index in [0.717, 1.165) is 103 Å². The first kappa shape index (κ1) is 53.4. The molecule has 6 heteroatoms. The van der Waals surface area contributed by atoms with Crippen LogP contribution in [-0.2, 0) is 28.6 Å². The summed E-state index contributed by atoms with van der Waals surface area (Å²) in [6.45, 7) is 6.44. The van der Waals surface area contributed by atoms with Crippen molar-refractivity contribution in [3.05, 3.63) is 48.6 Å². The zero-order valence-electron chi connectivity index (χ0n) is 36.9. The van der Waals surface area contributed by atoms with Gasteiger partial charge in [0.05, 0.1) is 0 Å². The Bertz CT molecular complexity index is 996. The van der Waals surface area contributed by atoms with Gasteiger partial charge < -0.3 is 14.2 Å². The van der Waals surface area contributed by atoms with Gasteiger partial charge >= 0.3 is 17.9 Å². The van der Waals surface area contributed by atoms with Crippen molar-refractivity contribution in [1.29, 1.82) is 0 Å². The molecule has 324 valence electrons. The standard InChI is InChI=1S/C50H88O6/c1-4-7-10-13-16-19-22-24-25-26-29-31-34-37-40-43-49(52)55-46-47(45-54-48(51)42-39-36-33-30-27-21-18-15-12-9-6-3)56-50(53)44-41-38-35-32-28-23-20-17-14-11-8-5-2/h8,11,15,17-18,20-21,27,47H,4-7,9-10,12-14,16,19,22-26,28-46H2,1-3H3/b11-8-,18-15-,20-17-,27-21-. The molecule has 0 spiro atoms. The van der Waals surface area contributed by atoms with Crippen LogP contribution < -0.4 is 0 Å². The Kier molecular flexibility index (Phi) is 43.0. The second-order valence-electron chi connectivity index (χ2n) is 15.7. The monoisotopic (exact) mass is 785 g/mol. The lowest BCUT2D eigenvalue weighted by atomic mass is 10.0. The van der Waals surface area contributed by atoms with Gasteiger partial charge in [0.2, 0.25) is 0 Å². The molecule has 0 saturated carbocycles.